The second kappa shape index (κ2) is 6.93. The Kier molecular flexibility index (Phi) is 4.73. The van der Waals surface area contributed by atoms with E-state index in [2.05, 4.69) is 15.1 Å². The quantitative estimate of drug-likeness (QED) is 0.890. The first-order valence-electron chi connectivity index (χ1n) is 7.90. The number of hydrogen-bond donors (Lipinski definition) is 2. The van der Waals surface area contributed by atoms with E-state index < -0.39 is 6.10 Å². The molecular weight excluding hydrogens is 292 g/mol. The van der Waals surface area contributed by atoms with Crippen LogP contribution < -0.4 is 0 Å². The van der Waals surface area contributed by atoms with Gasteiger partial charge in [-0.05, 0) is 12.5 Å². The minimum atomic E-state index is -0.491. The fourth-order valence-electron chi connectivity index (χ4n) is 2.90. The Morgan fingerprint density at radius 3 is 2.57 bits per heavy atom. The Bertz CT molecular complexity index is 648. The summed E-state index contributed by atoms with van der Waals surface area (Å²) in [6.45, 7) is 5.33. The number of aromatic amines is 1. The van der Waals surface area contributed by atoms with E-state index in [0.29, 0.717) is 25.2 Å². The van der Waals surface area contributed by atoms with Gasteiger partial charge in [-0.3, -0.25) is 14.8 Å². The van der Waals surface area contributed by atoms with Crippen LogP contribution in [0.15, 0.2) is 36.5 Å². The SMILES string of the molecule is Cc1[nH]ncc1C(=O)N1CCN(C[C@H](O)c2ccccc2)CC1. The van der Waals surface area contributed by atoms with Gasteiger partial charge >= 0.3 is 0 Å². The first-order chi connectivity index (χ1) is 11.1. The summed E-state index contributed by atoms with van der Waals surface area (Å²) in [5.41, 5.74) is 2.37. The first-order valence-corrected chi connectivity index (χ1v) is 7.90. The molecule has 0 spiro atoms. The molecule has 0 saturated carbocycles. The van der Waals surface area contributed by atoms with E-state index in [0.717, 1.165) is 24.3 Å². The molecule has 1 fully saturated rings. The number of carbonyl (C=O) groups excluding carboxylic acids is 1. The van der Waals surface area contributed by atoms with Gasteiger partial charge < -0.3 is 10.0 Å². The van der Waals surface area contributed by atoms with Crippen LogP contribution >= 0.6 is 0 Å². The summed E-state index contributed by atoms with van der Waals surface area (Å²) in [6, 6.07) is 9.68. The number of hydrogen-bond acceptors (Lipinski definition) is 4. The van der Waals surface area contributed by atoms with Gasteiger partial charge in [0.05, 0.1) is 17.9 Å². The lowest BCUT2D eigenvalue weighted by atomic mass is 10.1. The molecule has 0 bridgehead atoms. The second-order valence-electron chi connectivity index (χ2n) is 5.93. The van der Waals surface area contributed by atoms with E-state index in [1.807, 2.05) is 42.2 Å². The van der Waals surface area contributed by atoms with E-state index >= 15 is 0 Å². The highest BCUT2D eigenvalue weighted by Gasteiger charge is 2.25. The van der Waals surface area contributed by atoms with Crippen molar-refractivity contribution in [1.82, 2.24) is 20.0 Å². The van der Waals surface area contributed by atoms with Crippen molar-refractivity contribution in [2.45, 2.75) is 13.0 Å². The molecule has 2 heterocycles. The maximum Gasteiger partial charge on any atom is 0.257 e. The van der Waals surface area contributed by atoms with Crippen LogP contribution in [0, 0.1) is 6.92 Å². The van der Waals surface area contributed by atoms with E-state index in [1.54, 1.807) is 6.20 Å². The third-order valence-electron chi connectivity index (χ3n) is 4.34. The van der Waals surface area contributed by atoms with Gasteiger partial charge in [-0.15, -0.1) is 0 Å². The Morgan fingerprint density at radius 1 is 1.26 bits per heavy atom. The average Bonchev–Trinajstić information content (AvgIpc) is 3.02. The van der Waals surface area contributed by atoms with Gasteiger partial charge in [-0.2, -0.15) is 5.10 Å². The molecule has 0 aliphatic carbocycles. The highest BCUT2D eigenvalue weighted by Crippen LogP contribution is 2.16. The summed E-state index contributed by atoms with van der Waals surface area (Å²) < 4.78 is 0. The van der Waals surface area contributed by atoms with E-state index in [9.17, 15) is 9.90 Å². The number of rotatable bonds is 4. The van der Waals surface area contributed by atoms with E-state index in [-0.39, 0.29) is 5.91 Å². The van der Waals surface area contributed by atoms with Crippen LogP contribution in [0.25, 0.3) is 0 Å². The Labute approximate surface area is 135 Å². The Morgan fingerprint density at radius 2 is 1.96 bits per heavy atom. The van der Waals surface area contributed by atoms with Crippen molar-refractivity contribution in [1.29, 1.82) is 0 Å². The molecule has 1 aliphatic heterocycles. The Hall–Kier alpha value is -2.18. The molecule has 1 aromatic carbocycles. The lowest BCUT2D eigenvalue weighted by molar-refractivity contribution is 0.0527. The van der Waals surface area contributed by atoms with Crippen molar-refractivity contribution in [3.63, 3.8) is 0 Å². The summed E-state index contributed by atoms with van der Waals surface area (Å²) in [5.74, 6) is 0.0273. The molecule has 0 radical (unpaired) electrons. The second-order valence-corrected chi connectivity index (χ2v) is 5.93. The van der Waals surface area contributed by atoms with Crippen molar-refractivity contribution < 1.29 is 9.90 Å². The standard InChI is InChI=1S/C17H22N4O2/c1-13-15(11-18-19-13)17(23)21-9-7-20(8-10-21)12-16(22)14-5-3-2-4-6-14/h2-6,11,16,22H,7-10,12H2,1H3,(H,18,19)/t16-/m0/s1. The van der Waals surface area contributed by atoms with Crippen LogP contribution in [0.4, 0.5) is 0 Å². The number of β-amino-alcohol motifs (C(OH)–C–C–N with tert-alkyl or cyclic N) is 1. The molecular formula is C17H22N4O2. The zero-order valence-corrected chi connectivity index (χ0v) is 13.3. The van der Waals surface area contributed by atoms with Gasteiger partial charge in [-0.25, -0.2) is 0 Å². The molecule has 23 heavy (non-hydrogen) atoms. The number of aliphatic hydroxyl groups excluding tert-OH is 1. The summed E-state index contributed by atoms with van der Waals surface area (Å²) >= 11 is 0. The topological polar surface area (TPSA) is 72.5 Å². The van der Waals surface area contributed by atoms with Gasteiger partial charge in [0.2, 0.25) is 0 Å². The molecule has 122 valence electrons. The van der Waals surface area contributed by atoms with E-state index in [4.69, 9.17) is 0 Å². The van der Waals surface area contributed by atoms with Crippen molar-refractivity contribution in [3.8, 4) is 0 Å². The monoisotopic (exact) mass is 314 g/mol. The van der Waals surface area contributed by atoms with Crippen molar-refractivity contribution in [2.24, 2.45) is 0 Å². The zero-order valence-electron chi connectivity index (χ0n) is 13.3. The van der Waals surface area contributed by atoms with Crippen molar-refractivity contribution in [2.75, 3.05) is 32.7 Å². The number of H-pyrrole nitrogens is 1. The molecule has 2 N–H and O–H groups in total. The molecule has 2 aromatic rings. The minimum Gasteiger partial charge on any atom is -0.387 e. The highest BCUT2D eigenvalue weighted by molar-refractivity contribution is 5.95. The molecule has 1 atom stereocenters. The number of aromatic nitrogens is 2. The minimum absolute atomic E-state index is 0.0273. The van der Waals surface area contributed by atoms with Crippen LogP contribution in [0.1, 0.15) is 27.7 Å². The number of aliphatic hydroxyl groups is 1. The molecule has 3 rings (SSSR count). The van der Waals surface area contributed by atoms with Gasteiger partial charge in [-0.1, -0.05) is 30.3 Å². The molecule has 1 aromatic heterocycles. The number of carbonyl (C=O) groups is 1. The van der Waals surface area contributed by atoms with Crippen molar-refractivity contribution in [3.05, 3.63) is 53.3 Å². The predicted molar refractivity (Wildman–Crippen MR) is 87.1 cm³/mol. The molecule has 1 aliphatic rings. The molecule has 1 saturated heterocycles. The van der Waals surface area contributed by atoms with Gasteiger partial charge in [0, 0.05) is 38.4 Å². The molecule has 6 heteroatoms. The van der Waals surface area contributed by atoms with Crippen LogP contribution in [-0.4, -0.2) is 63.7 Å². The average molecular weight is 314 g/mol. The maximum atomic E-state index is 12.4. The van der Waals surface area contributed by atoms with Crippen LogP contribution in [-0.2, 0) is 0 Å². The molecule has 6 nitrogen and oxygen atoms in total. The smallest absolute Gasteiger partial charge is 0.257 e. The molecule has 1 amide bonds. The normalized spacial score (nSPS) is 17.2. The van der Waals surface area contributed by atoms with Crippen molar-refractivity contribution >= 4 is 5.91 Å². The summed E-state index contributed by atoms with van der Waals surface area (Å²) in [4.78, 5) is 16.5. The number of benzene rings is 1. The maximum absolute atomic E-state index is 12.4. The lowest BCUT2D eigenvalue weighted by Gasteiger charge is -2.35. The predicted octanol–water partition coefficient (Wildman–Crippen LogP) is 1.21. The lowest BCUT2D eigenvalue weighted by Crippen LogP contribution is -2.49. The van der Waals surface area contributed by atoms with E-state index in [1.165, 1.54) is 0 Å². The fourth-order valence-corrected chi connectivity index (χ4v) is 2.90. The number of piperazine rings is 1. The van der Waals surface area contributed by atoms with Gasteiger partial charge in [0.1, 0.15) is 0 Å². The molecule has 0 unspecified atom stereocenters. The highest BCUT2D eigenvalue weighted by atomic mass is 16.3. The fraction of sp³-hybridized carbons (Fsp3) is 0.412. The largest absolute Gasteiger partial charge is 0.387 e. The van der Waals surface area contributed by atoms with Gasteiger partial charge in [0.25, 0.3) is 5.91 Å². The number of nitrogens with zero attached hydrogens (tertiary/aromatic N) is 3. The summed E-state index contributed by atoms with van der Waals surface area (Å²) in [7, 11) is 0. The summed E-state index contributed by atoms with van der Waals surface area (Å²) in [6.07, 6.45) is 1.10. The van der Waals surface area contributed by atoms with Crippen LogP contribution in [0.2, 0.25) is 0 Å². The number of aryl methyl sites for hydroxylation is 1. The zero-order chi connectivity index (χ0) is 16.2. The number of nitrogens with one attached hydrogen (secondary N) is 1. The van der Waals surface area contributed by atoms with Crippen LogP contribution in [0.3, 0.4) is 0 Å². The van der Waals surface area contributed by atoms with Gasteiger partial charge in [0.15, 0.2) is 0 Å². The third kappa shape index (κ3) is 3.60. The first kappa shape index (κ1) is 15.7. The Balaban J connectivity index is 1.53. The summed E-state index contributed by atoms with van der Waals surface area (Å²) in [5, 5.41) is 17.0. The van der Waals surface area contributed by atoms with Crippen LogP contribution in [0.5, 0.6) is 0 Å². The number of amides is 1. The third-order valence-corrected chi connectivity index (χ3v) is 4.34.